The lowest BCUT2D eigenvalue weighted by molar-refractivity contribution is -0.128. The van der Waals surface area contributed by atoms with E-state index in [1.54, 1.807) is 6.92 Å². The van der Waals surface area contributed by atoms with Gasteiger partial charge in [-0.2, -0.15) is 0 Å². The highest BCUT2D eigenvalue weighted by molar-refractivity contribution is 5.73. The van der Waals surface area contributed by atoms with Crippen LogP contribution in [0, 0.1) is 5.41 Å². The van der Waals surface area contributed by atoms with E-state index in [4.69, 9.17) is 0 Å². The molecule has 0 bridgehead atoms. The Balaban J connectivity index is 0.000000770. The van der Waals surface area contributed by atoms with E-state index < -0.39 is 0 Å². The van der Waals surface area contributed by atoms with E-state index in [1.807, 2.05) is 11.8 Å². The zero-order chi connectivity index (χ0) is 13.5. The molecule has 100 valence electrons. The Kier molecular flexibility index (Phi) is 6.93. The highest BCUT2D eigenvalue weighted by Gasteiger charge is 2.31. The molecule has 0 aliphatic carbocycles. The molecule has 1 amide bonds. The number of carbonyl (C=O) groups excluding carboxylic acids is 1. The largest absolute Gasteiger partial charge is 0.512 e. The average Bonchev–Trinajstić information content (AvgIpc) is 2.42. The van der Waals surface area contributed by atoms with Gasteiger partial charge in [-0.05, 0) is 19.3 Å². The van der Waals surface area contributed by atoms with Crippen molar-refractivity contribution in [1.82, 2.24) is 4.90 Å². The Morgan fingerprint density at radius 1 is 1.35 bits per heavy atom. The number of aliphatic hydroxyl groups excluding tert-OH is 1. The summed E-state index contributed by atoms with van der Waals surface area (Å²) in [7, 11) is 0. The van der Waals surface area contributed by atoms with Crippen molar-refractivity contribution in [1.29, 1.82) is 0 Å². The van der Waals surface area contributed by atoms with E-state index in [2.05, 4.69) is 20.4 Å². The fraction of sp³-hybridized carbons (Fsp3) is 0.786. The van der Waals surface area contributed by atoms with E-state index in [9.17, 15) is 9.90 Å². The van der Waals surface area contributed by atoms with Crippen molar-refractivity contribution in [2.75, 3.05) is 13.1 Å². The van der Waals surface area contributed by atoms with Crippen molar-refractivity contribution in [3.05, 3.63) is 12.3 Å². The fourth-order valence-corrected chi connectivity index (χ4v) is 1.88. The van der Waals surface area contributed by atoms with E-state index in [0.717, 1.165) is 32.4 Å². The molecule has 0 aromatic heterocycles. The van der Waals surface area contributed by atoms with Gasteiger partial charge in [-0.15, -0.1) is 0 Å². The van der Waals surface area contributed by atoms with Crippen LogP contribution in [0.25, 0.3) is 0 Å². The SMILES string of the molecule is C=C(O)C1(C)CCCN(C(C)=O)CC1.CCC. The van der Waals surface area contributed by atoms with Crippen molar-refractivity contribution >= 4 is 5.91 Å². The van der Waals surface area contributed by atoms with Crippen molar-refractivity contribution < 1.29 is 9.90 Å². The summed E-state index contributed by atoms with van der Waals surface area (Å²) in [4.78, 5) is 13.0. The number of nitrogens with zero attached hydrogens (tertiary/aromatic N) is 1. The maximum absolute atomic E-state index is 11.2. The van der Waals surface area contributed by atoms with Gasteiger partial charge in [0.15, 0.2) is 0 Å². The summed E-state index contributed by atoms with van der Waals surface area (Å²) in [6.07, 6.45) is 3.91. The number of carbonyl (C=O) groups is 1. The summed E-state index contributed by atoms with van der Waals surface area (Å²) in [6, 6.07) is 0. The first-order valence-corrected chi connectivity index (χ1v) is 6.51. The number of allylic oxidation sites excluding steroid dienone is 1. The lowest BCUT2D eigenvalue weighted by Gasteiger charge is -2.26. The van der Waals surface area contributed by atoms with Crippen LogP contribution in [0.5, 0.6) is 0 Å². The Hall–Kier alpha value is -0.990. The van der Waals surface area contributed by atoms with Gasteiger partial charge in [-0.3, -0.25) is 4.79 Å². The van der Waals surface area contributed by atoms with Crippen LogP contribution in [0.2, 0.25) is 0 Å². The van der Waals surface area contributed by atoms with E-state index >= 15 is 0 Å². The molecule has 1 unspecified atom stereocenters. The smallest absolute Gasteiger partial charge is 0.219 e. The second kappa shape index (κ2) is 7.36. The Bertz CT molecular complexity index is 263. The van der Waals surface area contributed by atoms with Gasteiger partial charge in [0.1, 0.15) is 0 Å². The summed E-state index contributed by atoms with van der Waals surface area (Å²) in [5.74, 6) is 0.376. The minimum atomic E-state index is -0.204. The van der Waals surface area contributed by atoms with Crippen LogP contribution in [0.1, 0.15) is 53.4 Å². The summed E-state index contributed by atoms with van der Waals surface area (Å²) in [6.45, 7) is 13.0. The topological polar surface area (TPSA) is 40.5 Å². The van der Waals surface area contributed by atoms with Gasteiger partial charge in [0.05, 0.1) is 5.76 Å². The van der Waals surface area contributed by atoms with E-state index in [0.29, 0.717) is 0 Å². The lowest BCUT2D eigenvalue weighted by Crippen LogP contribution is -2.30. The minimum absolute atomic E-state index is 0.123. The molecular formula is C14H27NO2. The number of hydrogen-bond acceptors (Lipinski definition) is 2. The maximum Gasteiger partial charge on any atom is 0.219 e. The molecule has 1 atom stereocenters. The summed E-state index contributed by atoms with van der Waals surface area (Å²) in [5.41, 5.74) is -0.204. The third-order valence-corrected chi connectivity index (χ3v) is 3.23. The second-order valence-corrected chi connectivity index (χ2v) is 5.07. The summed E-state index contributed by atoms with van der Waals surface area (Å²) in [5, 5.41) is 9.49. The molecule has 0 radical (unpaired) electrons. The number of hydrogen-bond donors (Lipinski definition) is 1. The predicted molar refractivity (Wildman–Crippen MR) is 71.9 cm³/mol. The maximum atomic E-state index is 11.2. The molecule has 17 heavy (non-hydrogen) atoms. The van der Waals surface area contributed by atoms with E-state index in [-0.39, 0.29) is 17.1 Å². The molecule has 3 nitrogen and oxygen atoms in total. The molecule has 3 heteroatoms. The Morgan fingerprint density at radius 2 is 1.88 bits per heavy atom. The molecule has 1 N–H and O–H groups in total. The van der Waals surface area contributed by atoms with Gasteiger partial charge in [0.25, 0.3) is 0 Å². The monoisotopic (exact) mass is 241 g/mol. The minimum Gasteiger partial charge on any atom is -0.512 e. The number of aliphatic hydroxyl groups is 1. The molecule has 1 rings (SSSR count). The molecular weight excluding hydrogens is 214 g/mol. The first-order valence-electron chi connectivity index (χ1n) is 6.51. The third kappa shape index (κ3) is 5.24. The normalized spacial score (nSPS) is 24.4. The van der Waals surface area contributed by atoms with Gasteiger partial charge in [-0.1, -0.05) is 33.8 Å². The highest BCUT2D eigenvalue weighted by atomic mass is 16.3. The molecule has 0 saturated carbocycles. The Morgan fingerprint density at radius 3 is 2.29 bits per heavy atom. The van der Waals surface area contributed by atoms with Crippen LogP contribution in [0.4, 0.5) is 0 Å². The zero-order valence-electron chi connectivity index (χ0n) is 11.8. The first kappa shape index (κ1) is 16.0. The lowest BCUT2D eigenvalue weighted by atomic mass is 9.81. The van der Waals surface area contributed by atoms with Crippen LogP contribution in [0.3, 0.4) is 0 Å². The summed E-state index contributed by atoms with van der Waals surface area (Å²) < 4.78 is 0. The number of likely N-dealkylation sites (tertiary alicyclic amines) is 1. The molecule has 0 aromatic carbocycles. The number of amides is 1. The average molecular weight is 241 g/mol. The van der Waals surface area contributed by atoms with Crippen molar-refractivity contribution in [3.8, 4) is 0 Å². The quantitative estimate of drug-likeness (QED) is 0.714. The standard InChI is InChI=1S/C11H19NO2.C3H8/c1-9(13)11(3)5-4-7-12(8-6-11)10(2)14;1-3-2/h13H,1,4-8H2,2-3H3;3H2,1-2H3. The molecule has 0 aromatic rings. The molecule has 0 spiro atoms. The van der Waals surface area contributed by atoms with Crippen molar-refractivity contribution in [2.24, 2.45) is 5.41 Å². The third-order valence-electron chi connectivity index (χ3n) is 3.23. The molecule has 1 saturated heterocycles. The zero-order valence-corrected chi connectivity index (χ0v) is 11.8. The summed E-state index contributed by atoms with van der Waals surface area (Å²) >= 11 is 0. The van der Waals surface area contributed by atoms with Crippen LogP contribution < -0.4 is 0 Å². The van der Waals surface area contributed by atoms with Crippen molar-refractivity contribution in [2.45, 2.75) is 53.4 Å². The van der Waals surface area contributed by atoms with Crippen LogP contribution >= 0.6 is 0 Å². The molecule has 1 heterocycles. The van der Waals surface area contributed by atoms with E-state index in [1.165, 1.54) is 6.42 Å². The Labute approximate surface area is 106 Å². The van der Waals surface area contributed by atoms with Gasteiger partial charge in [0, 0.05) is 25.4 Å². The predicted octanol–water partition coefficient (Wildman–Crippen LogP) is 3.51. The highest BCUT2D eigenvalue weighted by Crippen LogP contribution is 2.35. The van der Waals surface area contributed by atoms with Gasteiger partial charge in [-0.25, -0.2) is 0 Å². The molecule has 1 aliphatic rings. The van der Waals surface area contributed by atoms with Gasteiger partial charge < -0.3 is 10.0 Å². The first-order chi connectivity index (χ1) is 7.87. The van der Waals surface area contributed by atoms with Gasteiger partial charge in [0.2, 0.25) is 5.91 Å². The number of rotatable bonds is 1. The molecule has 1 aliphatic heterocycles. The molecule has 1 fully saturated rings. The fourth-order valence-electron chi connectivity index (χ4n) is 1.88. The van der Waals surface area contributed by atoms with Crippen LogP contribution in [0.15, 0.2) is 12.3 Å². The van der Waals surface area contributed by atoms with Crippen molar-refractivity contribution in [3.63, 3.8) is 0 Å². The second-order valence-electron chi connectivity index (χ2n) is 5.07. The van der Waals surface area contributed by atoms with Crippen LogP contribution in [-0.2, 0) is 4.79 Å². The van der Waals surface area contributed by atoms with Gasteiger partial charge >= 0.3 is 0 Å². The van der Waals surface area contributed by atoms with Crippen LogP contribution in [-0.4, -0.2) is 29.0 Å².